The Morgan fingerprint density at radius 3 is 2.76 bits per heavy atom. The maximum absolute atomic E-state index is 12.2. The van der Waals surface area contributed by atoms with Gasteiger partial charge in [-0.15, -0.1) is 0 Å². The van der Waals surface area contributed by atoms with Gasteiger partial charge in [-0.3, -0.25) is 14.9 Å². The third-order valence-corrected chi connectivity index (χ3v) is 4.13. The zero-order valence-electron chi connectivity index (χ0n) is 12.3. The van der Waals surface area contributed by atoms with Crippen LogP contribution in [0.4, 0.5) is 5.69 Å². The number of nitrogens with two attached hydrogens (primary N) is 1. The van der Waals surface area contributed by atoms with Gasteiger partial charge in [0.25, 0.3) is 5.69 Å². The largest absolute Gasteiger partial charge is 0.349 e. The molecule has 0 aromatic heterocycles. The van der Waals surface area contributed by atoms with E-state index in [0.717, 1.165) is 18.4 Å². The van der Waals surface area contributed by atoms with Crippen LogP contribution in [0.5, 0.6) is 0 Å². The Balaban J connectivity index is 2.06. The highest BCUT2D eigenvalue weighted by Crippen LogP contribution is 2.26. The molecule has 1 aromatic carbocycles. The lowest BCUT2D eigenvalue weighted by molar-refractivity contribution is -0.385. The van der Waals surface area contributed by atoms with E-state index in [1.807, 2.05) is 13.0 Å². The van der Waals surface area contributed by atoms with E-state index in [-0.39, 0.29) is 29.6 Å². The second kappa shape index (κ2) is 6.22. The molecule has 21 heavy (non-hydrogen) atoms. The molecule has 3 N–H and O–H groups in total. The van der Waals surface area contributed by atoms with Gasteiger partial charge in [0.2, 0.25) is 5.91 Å². The van der Waals surface area contributed by atoms with Crippen molar-refractivity contribution in [1.29, 1.82) is 0 Å². The molecule has 3 atom stereocenters. The monoisotopic (exact) mass is 291 g/mol. The summed E-state index contributed by atoms with van der Waals surface area (Å²) in [5, 5.41) is 13.9. The molecule has 0 spiro atoms. The van der Waals surface area contributed by atoms with Crippen LogP contribution in [0.3, 0.4) is 0 Å². The average molecular weight is 291 g/mol. The van der Waals surface area contributed by atoms with Crippen LogP contribution in [0, 0.1) is 23.0 Å². The summed E-state index contributed by atoms with van der Waals surface area (Å²) in [5.41, 5.74) is 7.25. The van der Waals surface area contributed by atoms with E-state index in [2.05, 4.69) is 5.32 Å². The summed E-state index contributed by atoms with van der Waals surface area (Å²) in [7, 11) is 0. The Kier molecular flexibility index (Phi) is 4.57. The fourth-order valence-electron chi connectivity index (χ4n) is 2.76. The number of rotatable bonds is 4. The lowest BCUT2D eigenvalue weighted by Gasteiger charge is -2.17. The van der Waals surface area contributed by atoms with E-state index in [1.165, 1.54) is 6.07 Å². The van der Waals surface area contributed by atoms with E-state index >= 15 is 0 Å². The summed E-state index contributed by atoms with van der Waals surface area (Å²) in [4.78, 5) is 22.7. The van der Waals surface area contributed by atoms with E-state index in [4.69, 9.17) is 5.73 Å². The molecule has 2 rings (SSSR count). The number of carbonyl (C=O) groups is 1. The Hall–Kier alpha value is -1.95. The van der Waals surface area contributed by atoms with E-state index in [1.54, 1.807) is 13.0 Å². The topological polar surface area (TPSA) is 98.3 Å². The number of carbonyl (C=O) groups excluding carboxylic acids is 1. The number of hydrogen-bond acceptors (Lipinski definition) is 4. The van der Waals surface area contributed by atoms with Crippen molar-refractivity contribution in [2.24, 2.45) is 11.7 Å². The van der Waals surface area contributed by atoms with Crippen LogP contribution in [-0.4, -0.2) is 16.9 Å². The van der Waals surface area contributed by atoms with Gasteiger partial charge < -0.3 is 11.1 Å². The highest BCUT2D eigenvalue weighted by Gasteiger charge is 2.28. The third kappa shape index (κ3) is 3.58. The molecule has 0 heterocycles. The quantitative estimate of drug-likeness (QED) is 0.656. The van der Waals surface area contributed by atoms with Gasteiger partial charge in [0.05, 0.1) is 11.0 Å². The minimum atomic E-state index is -0.399. The minimum Gasteiger partial charge on any atom is -0.349 e. The zero-order valence-corrected chi connectivity index (χ0v) is 12.3. The Bertz CT molecular complexity index is 559. The molecule has 1 fully saturated rings. The zero-order chi connectivity index (χ0) is 15.6. The average Bonchev–Trinajstić information content (AvgIpc) is 2.85. The first-order valence-electron chi connectivity index (χ1n) is 7.19. The van der Waals surface area contributed by atoms with E-state index in [9.17, 15) is 14.9 Å². The molecular formula is C15H21N3O3. The minimum absolute atomic E-state index is 0.0151. The number of nitrogens with zero attached hydrogens (tertiary/aromatic N) is 1. The lowest BCUT2D eigenvalue weighted by Crippen LogP contribution is -2.32. The Labute approximate surface area is 123 Å². The highest BCUT2D eigenvalue weighted by molar-refractivity contribution is 5.79. The van der Waals surface area contributed by atoms with E-state index < -0.39 is 4.92 Å². The van der Waals surface area contributed by atoms with Crippen molar-refractivity contribution < 1.29 is 9.72 Å². The van der Waals surface area contributed by atoms with Gasteiger partial charge >= 0.3 is 0 Å². The van der Waals surface area contributed by atoms with Gasteiger partial charge in [0.15, 0.2) is 0 Å². The second-order valence-corrected chi connectivity index (χ2v) is 5.80. The normalized spacial score (nSPS) is 22.8. The molecular weight excluding hydrogens is 270 g/mol. The lowest BCUT2D eigenvalue weighted by atomic mass is 10.0. The van der Waals surface area contributed by atoms with Crippen molar-refractivity contribution in [3.05, 3.63) is 39.4 Å². The molecule has 1 aliphatic rings. The van der Waals surface area contributed by atoms with Crippen LogP contribution in [0.25, 0.3) is 0 Å². The van der Waals surface area contributed by atoms with Crippen molar-refractivity contribution in [2.75, 3.05) is 0 Å². The van der Waals surface area contributed by atoms with Crippen LogP contribution < -0.4 is 11.1 Å². The van der Waals surface area contributed by atoms with Crippen LogP contribution in [0.15, 0.2) is 18.2 Å². The number of aryl methyl sites for hydroxylation is 1. The number of benzene rings is 1. The van der Waals surface area contributed by atoms with Crippen molar-refractivity contribution in [2.45, 2.75) is 45.2 Å². The van der Waals surface area contributed by atoms with Crippen molar-refractivity contribution in [1.82, 2.24) is 5.32 Å². The van der Waals surface area contributed by atoms with Gasteiger partial charge in [-0.05, 0) is 38.7 Å². The number of nitrogens with one attached hydrogen (secondary N) is 1. The SMILES string of the molecule is Cc1ccc(C(C)NC(=O)C2CCC(N)C2)cc1[N+](=O)[O-]. The smallest absolute Gasteiger partial charge is 0.272 e. The van der Waals surface area contributed by atoms with Crippen molar-refractivity contribution >= 4 is 11.6 Å². The molecule has 1 amide bonds. The summed E-state index contributed by atoms with van der Waals surface area (Å²) in [6, 6.07) is 4.90. The van der Waals surface area contributed by atoms with Gasteiger partial charge in [-0.25, -0.2) is 0 Å². The summed E-state index contributed by atoms with van der Waals surface area (Å²) in [6.45, 7) is 3.53. The van der Waals surface area contributed by atoms with Crippen LogP contribution >= 0.6 is 0 Å². The van der Waals surface area contributed by atoms with Crippen molar-refractivity contribution in [3.63, 3.8) is 0 Å². The molecule has 0 aliphatic heterocycles. The Morgan fingerprint density at radius 1 is 1.48 bits per heavy atom. The molecule has 0 saturated heterocycles. The van der Waals surface area contributed by atoms with Gasteiger partial charge in [0, 0.05) is 23.6 Å². The summed E-state index contributed by atoms with van der Waals surface area (Å²) < 4.78 is 0. The summed E-state index contributed by atoms with van der Waals surface area (Å²) in [6.07, 6.45) is 2.41. The number of nitro benzene ring substituents is 1. The fraction of sp³-hybridized carbons (Fsp3) is 0.533. The summed E-state index contributed by atoms with van der Waals surface area (Å²) in [5.74, 6) is -0.0541. The molecule has 3 unspecified atom stereocenters. The first-order chi connectivity index (χ1) is 9.88. The van der Waals surface area contributed by atoms with Crippen LogP contribution in [-0.2, 0) is 4.79 Å². The molecule has 0 bridgehead atoms. The molecule has 1 aliphatic carbocycles. The Morgan fingerprint density at radius 2 is 2.19 bits per heavy atom. The standard InChI is InChI=1S/C15H21N3O3/c1-9-3-4-11(8-14(9)18(20)21)10(2)17-15(19)12-5-6-13(16)7-12/h3-4,8,10,12-13H,5-7,16H2,1-2H3,(H,17,19). The summed E-state index contributed by atoms with van der Waals surface area (Å²) >= 11 is 0. The number of amides is 1. The molecule has 114 valence electrons. The van der Waals surface area contributed by atoms with E-state index in [0.29, 0.717) is 12.0 Å². The first kappa shape index (κ1) is 15.4. The molecule has 0 radical (unpaired) electrons. The number of nitro groups is 1. The van der Waals surface area contributed by atoms with Gasteiger partial charge in [-0.2, -0.15) is 0 Å². The van der Waals surface area contributed by atoms with Crippen LogP contribution in [0.2, 0.25) is 0 Å². The predicted octanol–water partition coefficient (Wildman–Crippen LogP) is 2.21. The second-order valence-electron chi connectivity index (χ2n) is 5.80. The molecule has 1 aromatic rings. The van der Waals surface area contributed by atoms with Gasteiger partial charge in [-0.1, -0.05) is 12.1 Å². The maximum Gasteiger partial charge on any atom is 0.272 e. The number of hydrogen-bond donors (Lipinski definition) is 2. The first-order valence-corrected chi connectivity index (χ1v) is 7.19. The van der Waals surface area contributed by atoms with Crippen LogP contribution in [0.1, 0.15) is 43.4 Å². The maximum atomic E-state index is 12.2. The third-order valence-electron chi connectivity index (χ3n) is 4.13. The van der Waals surface area contributed by atoms with Crippen molar-refractivity contribution in [3.8, 4) is 0 Å². The molecule has 6 heteroatoms. The molecule has 6 nitrogen and oxygen atoms in total. The predicted molar refractivity (Wildman–Crippen MR) is 79.7 cm³/mol. The molecule has 1 saturated carbocycles. The fourth-order valence-corrected chi connectivity index (χ4v) is 2.76. The highest BCUT2D eigenvalue weighted by atomic mass is 16.6. The van der Waals surface area contributed by atoms with Gasteiger partial charge in [0.1, 0.15) is 0 Å².